The van der Waals surface area contributed by atoms with Gasteiger partial charge in [0.15, 0.2) is 11.5 Å². The molecule has 2 heterocycles. The molecule has 1 aromatic heterocycles. The zero-order chi connectivity index (χ0) is 27.0. The van der Waals surface area contributed by atoms with Gasteiger partial charge in [-0.05, 0) is 68.7 Å². The Morgan fingerprint density at radius 2 is 1.71 bits per heavy atom. The number of hydrogen-bond donors (Lipinski definition) is 2. The van der Waals surface area contributed by atoms with Crippen LogP contribution in [0.3, 0.4) is 0 Å². The highest BCUT2D eigenvalue weighted by Gasteiger charge is 2.43. The Balaban J connectivity index is 1.68. The van der Waals surface area contributed by atoms with E-state index in [4.69, 9.17) is 21.1 Å². The van der Waals surface area contributed by atoms with Crippen LogP contribution < -0.4 is 9.47 Å². The van der Waals surface area contributed by atoms with E-state index >= 15 is 0 Å². The number of benzene rings is 3. The van der Waals surface area contributed by atoms with Crippen LogP contribution in [0.5, 0.6) is 17.2 Å². The van der Waals surface area contributed by atoms with Gasteiger partial charge in [-0.15, -0.1) is 0 Å². The van der Waals surface area contributed by atoms with Crippen LogP contribution >= 0.6 is 11.6 Å². The number of nitrogens with zero attached hydrogens (tertiary/aromatic N) is 2. The highest BCUT2D eigenvalue weighted by molar-refractivity contribution is 6.31. The molecule has 8 heteroatoms. The summed E-state index contributed by atoms with van der Waals surface area (Å²) in [6, 6.07) is 16.7. The smallest absolute Gasteiger partial charge is 0.273 e. The molecule has 1 aliphatic heterocycles. The minimum Gasteiger partial charge on any atom is -0.507 e. The molecule has 1 unspecified atom stereocenters. The fourth-order valence-electron chi connectivity index (χ4n) is 4.90. The second kappa shape index (κ2) is 10.4. The number of hydrogen-bond acceptors (Lipinski definition) is 5. The summed E-state index contributed by atoms with van der Waals surface area (Å²) in [7, 11) is 0. The summed E-state index contributed by atoms with van der Waals surface area (Å²) >= 11 is 6.43. The summed E-state index contributed by atoms with van der Waals surface area (Å²) in [5.41, 5.74) is 5.77. The predicted molar refractivity (Wildman–Crippen MR) is 147 cm³/mol. The lowest BCUT2D eigenvalue weighted by Crippen LogP contribution is -2.29. The number of aromatic amines is 1. The molecule has 0 spiro atoms. The molecule has 5 rings (SSSR count). The van der Waals surface area contributed by atoms with Gasteiger partial charge in [-0.2, -0.15) is 5.10 Å². The first-order chi connectivity index (χ1) is 18.3. The van der Waals surface area contributed by atoms with Gasteiger partial charge >= 0.3 is 0 Å². The number of aromatic hydroxyl groups is 1. The zero-order valence-corrected chi connectivity index (χ0v) is 22.6. The van der Waals surface area contributed by atoms with E-state index in [1.54, 1.807) is 12.1 Å². The molecular formula is C30H30ClN3O4. The number of H-pyrrole nitrogens is 1. The van der Waals surface area contributed by atoms with Crippen molar-refractivity contribution in [3.05, 3.63) is 93.1 Å². The molecule has 1 aliphatic rings. The number of carbonyl (C=O) groups is 1. The number of fused-ring (bicyclic) bond motifs is 1. The molecule has 4 aromatic rings. The number of amides is 1. The SMILES string of the molecule is CCOc1ccc(C2c3c(-c4cc(Cl)c(C)cc4O)n[nH]c3C(=O)N2Cc2ccc(C)cc2)cc1OCC. The Morgan fingerprint density at radius 3 is 2.42 bits per heavy atom. The minimum absolute atomic E-state index is 0.0473. The highest BCUT2D eigenvalue weighted by atomic mass is 35.5. The monoisotopic (exact) mass is 531 g/mol. The van der Waals surface area contributed by atoms with Gasteiger partial charge in [0.25, 0.3) is 5.91 Å². The third-order valence-corrected chi connectivity index (χ3v) is 7.16. The molecule has 3 aromatic carbocycles. The van der Waals surface area contributed by atoms with E-state index in [1.165, 1.54) is 0 Å². The number of aromatic nitrogens is 2. The predicted octanol–water partition coefficient (Wildman–Crippen LogP) is 6.60. The molecule has 0 fully saturated rings. The number of carbonyl (C=O) groups excluding carboxylic acids is 1. The van der Waals surface area contributed by atoms with E-state index in [-0.39, 0.29) is 11.7 Å². The van der Waals surface area contributed by atoms with Crippen LogP contribution in [0.4, 0.5) is 0 Å². The molecule has 2 N–H and O–H groups in total. The summed E-state index contributed by atoms with van der Waals surface area (Å²) in [4.78, 5) is 15.6. The van der Waals surface area contributed by atoms with Crippen molar-refractivity contribution in [3.8, 4) is 28.5 Å². The van der Waals surface area contributed by atoms with E-state index < -0.39 is 6.04 Å². The van der Waals surface area contributed by atoms with E-state index in [0.717, 1.165) is 22.3 Å². The van der Waals surface area contributed by atoms with E-state index in [2.05, 4.69) is 10.2 Å². The number of nitrogens with one attached hydrogen (secondary N) is 1. The summed E-state index contributed by atoms with van der Waals surface area (Å²) in [5, 5.41) is 18.8. The molecule has 196 valence electrons. The van der Waals surface area contributed by atoms with E-state index in [1.807, 2.05) is 75.1 Å². The van der Waals surface area contributed by atoms with E-state index in [0.29, 0.717) is 58.8 Å². The quantitative estimate of drug-likeness (QED) is 0.267. The van der Waals surface area contributed by atoms with Gasteiger partial charge in [-0.1, -0.05) is 47.5 Å². The second-order valence-corrected chi connectivity index (χ2v) is 9.78. The molecule has 1 amide bonds. The number of aryl methyl sites for hydroxylation is 2. The maximum Gasteiger partial charge on any atom is 0.273 e. The van der Waals surface area contributed by atoms with Gasteiger partial charge in [-0.25, -0.2) is 0 Å². The Morgan fingerprint density at radius 1 is 1.00 bits per heavy atom. The van der Waals surface area contributed by atoms with Crippen LogP contribution in [0, 0.1) is 13.8 Å². The molecule has 0 bridgehead atoms. The number of ether oxygens (including phenoxy) is 2. The standard InChI is InChI=1S/C30H30ClN3O4/c1-5-37-24-12-11-20(14-25(24)38-6-2)29-26-27(21-15-22(31)18(4)13-23(21)35)32-33-28(26)30(36)34(29)16-19-9-7-17(3)8-10-19/h7-15,29,35H,5-6,16H2,1-4H3,(H,32,33). The van der Waals surface area contributed by atoms with Crippen molar-refractivity contribution in [2.45, 2.75) is 40.3 Å². The third-order valence-electron chi connectivity index (χ3n) is 6.75. The van der Waals surface area contributed by atoms with Gasteiger partial charge in [0.05, 0.1) is 19.3 Å². The van der Waals surface area contributed by atoms with Crippen LogP contribution in [0.1, 0.15) is 58.2 Å². The van der Waals surface area contributed by atoms with Gasteiger partial charge in [-0.3, -0.25) is 9.89 Å². The summed E-state index contributed by atoms with van der Waals surface area (Å²) in [6.45, 7) is 9.07. The number of phenols is 1. The van der Waals surface area contributed by atoms with Crippen molar-refractivity contribution in [1.82, 2.24) is 15.1 Å². The fourth-order valence-corrected chi connectivity index (χ4v) is 5.06. The van der Waals surface area contributed by atoms with Crippen LogP contribution in [0.25, 0.3) is 11.3 Å². The molecule has 1 atom stereocenters. The molecule has 0 radical (unpaired) electrons. The van der Waals surface area contributed by atoms with E-state index in [9.17, 15) is 9.90 Å². The maximum absolute atomic E-state index is 13.8. The van der Waals surface area contributed by atoms with Crippen LogP contribution in [0.15, 0.2) is 54.6 Å². The Hall–Kier alpha value is -3.97. The molecule has 0 aliphatic carbocycles. The number of phenolic OH excluding ortho intramolecular Hbond substituents is 1. The lowest BCUT2D eigenvalue weighted by Gasteiger charge is -2.27. The van der Waals surface area contributed by atoms with Crippen molar-refractivity contribution in [3.63, 3.8) is 0 Å². The molecule has 7 nitrogen and oxygen atoms in total. The lowest BCUT2D eigenvalue weighted by molar-refractivity contribution is 0.0730. The number of halogens is 1. The normalized spacial score (nSPS) is 14.6. The molecule has 38 heavy (non-hydrogen) atoms. The summed E-state index contributed by atoms with van der Waals surface area (Å²) < 4.78 is 11.7. The van der Waals surface area contributed by atoms with Crippen molar-refractivity contribution in [2.75, 3.05) is 13.2 Å². The van der Waals surface area contributed by atoms with Crippen LogP contribution in [0.2, 0.25) is 5.02 Å². The van der Waals surface area contributed by atoms with Crippen molar-refractivity contribution >= 4 is 17.5 Å². The Bertz CT molecular complexity index is 1500. The van der Waals surface area contributed by atoms with Crippen molar-refractivity contribution in [2.24, 2.45) is 0 Å². The highest BCUT2D eigenvalue weighted by Crippen LogP contribution is 2.47. The average molecular weight is 532 g/mol. The summed E-state index contributed by atoms with van der Waals surface area (Å²) in [6.07, 6.45) is 0. The van der Waals surface area contributed by atoms with Gasteiger partial charge < -0.3 is 19.5 Å². The average Bonchev–Trinajstić information content (AvgIpc) is 3.43. The van der Waals surface area contributed by atoms with Crippen molar-refractivity contribution in [1.29, 1.82) is 0 Å². The first-order valence-electron chi connectivity index (χ1n) is 12.7. The molecular weight excluding hydrogens is 502 g/mol. The summed E-state index contributed by atoms with van der Waals surface area (Å²) in [5.74, 6) is 1.12. The van der Waals surface area contributed by atoms with Gasteiger partial charge in [0.1, 0.15) is 17.1 Å². The topological polar surface area (TPSA) is 87.7 Å². The maximum atomic E-state index is 13.8. The first-order valence-corrected chi connectivity index (χ1v) is 13.0. The van der Waals surface area contributed by atoms with Crippen molar-refractivity contribution < 1.29 is 19.4 Å². The fraction of sp³-hybridized carbons (Fsp3) is 0.267. The second-order valence-electron chi connectivity index (χ2n) is 9.37. The number of rotatable bonds is 8. The van der Waals surface area contributed by atoms with Gasteiger partial charge in [0.2, 0.25) is 0 Å². The van der Waals surface area contributed by atoms with Crippen LogP contribution in [-0.2, 0) is 6.54 Å². The Kier molecular flexibility index (Phi) is 7.04. The van der Waals surface area contributed by atoms with Gasteiger partial charge in [0, 0.05) is 22.7 Å². The largest absolute Gasteiger partial charge is 0.507 e. The molecule has 0 saturated carbocycles. The zero-order valence-electron chi connectivity index (χ0n) is 21.8. The minimum atomic E-state index is -0.484. The molecule has 0 saturated heterocycles. The third kappa shape index (κ3) is 4.58. The lowest BCUT2D eigenvalue weighted by atomic mass is 9.94. The van der Waals surface area contributed by atoms with Crippen LogP contribution in [-0.4, -0.2) is 39.3 Å². The Labute approximate surface area is 227 Å². The first kappa shape index (κ1) is 25.7.